The second kappa shape index (κ2) is 6.85. The van der Waals surface area contributed by atoms with E-state index < -0.39 is 0 Å². The number of amides is 1. The summed E-state index contributed by atoms with van der Waals surface area (Å²) in [6.45, 7) is 2.45. The maximum Gasteiger partial charge on any atom is 0.291 e. The number of anilines is 2. The van der Waals surface area contributed by atoms with Crippen LogP contribution < -0.4 is 10.6 Å². The average Bonchev–Trinajstić information content (AvgIpc) is 3.15. The van der Waals surface area contributed by atoms with Crippen molar-refractivity contribution in [3.05, 3.63) is 63.5 Å². The van der Waals surface area contributed by atoms with Gasteiger partial charge in [-0.25, -0.2) is 4.98 Å². The van der Waals surface area contributed by atoms with Crippen molar-refractivity contribution >= 4 is 40.2 Å². The molecule has 0 aliphatic rings. The molecular formula is C16H14ClN3O2S. The van der Waals surface area contributed by atoms with E-state index in [0.717, 1.165) is 10.6 Å². The van der Waals surface area contributed by atoms with E-state index in [2.05, 4.69) is 15.6 Å². The lowest BCUT2D eigenvalue weighted by Crippen LogP contribution is -2.10. The minimum Gasteiger partial charge on any atom is -0.456 e. The first-order valence-corrected chi connectivity index (χ1v) is 8.11. The van der Waals surface area contributed by atoms with Crippen LogP contribution in [0.15, 0.2) is 47.0 Å². The first kappa shape index (κ1) is 15.6. The van der Waals surface area contributed by atoms with Crippen LogP contribution in [0.5, 0.6) is 0 Å². The van der Waals surface area contributed by atoms with E-state index in [1.165, 1.54) is 11.3 Å². The lowest BCUT2D eigenvalue weighted by molar-refractivity contribution is 0.0995. The average molecular weight is 348 g/mol. The van der Waals surface area contributed by atoms with Gasteiger partial charge in [-0.3, -0.25) is 4.79 Å². The molecule has 0 unspecified atom stereocenters. The molecule has 0 bridgehead atoms. The number of benzene rings is 1. The highest BCUT2D eigenvalue weighted by Crippen LogP contribution is 2.20. The van der Waals surface area contributed by atoms with Gasteiger partial charge in [0.15, 0.2) is 10.2 Å². The number of hydrogen-bond acceptors (Lipinski definition) is 5. The summed E-state index contributed by atoms with van der Waals surface area (Å²) < 4.78 is 5.83. The van der Waals surface area contributed by atoms with Crippen LogP contribution in [0.1, 0.15) is 21.2 Å². The lowest BCUT2D eigenvalue weighted by atomic mass is 10.2. The molecule has 1 amide bonds. The summed E-state index contributed by atoms with van der Waals surface area (Å²) in [5, 5.41) is 6.06. The molecule has 0 aliphatic heterocycles. The Hall–Kier alpha value is -2.31. The van der Waals surface area contributed by atoms with E-state index in [0.29, 0.717) is 28.2 Å². The van der Waals surface area contributed by atoms with Crippen molar-refractivity contribution < 1.29 is 9.21 Å². The van der Waals surface area contributed by atoms with Crippen molar-refractivity contribution in [3.63, 3.8) is 0 Å². The molecule has 2 heterocycles. The fourth-order valence-corrected chi connectivity index (χ4v) is 2.89. The number of nitrogens with one attached hydrogen (secondary N) is 2. The van der Waals surface area contributed by atoms with Crippen LogP contribution in [0.25, 0.3) is 0 Å². The maximum atomic E-state index is 12.0. The molecule has 3 aromatic rings. The van der Waals surface area contributed by atoms with Gasteiger partial charge in [0.05, 0.1) is 6.54 Å². The molecule has 0 saturated carbocycles. The molecule has 0 radical (unpaired) electrons. The highest BCUT2D eigenvalue weighted by Gasteiger charge is 2.10. The molecule has 0 saturated heterocycles. The second-order valence-corrected chi connectivity index (χ2v) is 6.57. The van der Waals surface area contributed by atoms with Gasteiger partial charge in [-0.1, -0.05) is 11.6 Å². The van der Waals surface area contributed by atoms with Crippen LogP contribution in [-0.4, -0.2) is 10.9 Å². The Kier molecular flexibility index (Phi) is 4.64. The van der Waals surface area contributed by atoms with Crippen LogP contribution >= 0.6 is 22.9 Å². The Morgan fingerprint density at radius 2 is 1.96 bits per heavy atom. The van der Waals surface area contributed by atoms with Crippen molar-refractivity contribution in [1.82, 2.24) is 4.98 Å². The number of aromatic nitrogens is 1. The number of rotatable bonds is 5. The number of carbonyl (C=O) groups is 1. The third-order valence-electron chi connectivity index (χ3n) is 3.10. The Balaban J connectivity index is 1.57. The normalized spacial score (nSPS) is 10.5. The van der Waals surface area contributed by atoms with Gasteiger partial charge >= 0.3 is 0 Å². The number of hydrogen-bond donors (Lipinski definition) is 2. The third kappa shape index (κ3) is 4.12. The van der Waals surface area contributed by atoms with Gasteiger partial charge in [0.1, 0.15) is 5.76 Å². The summed E-state index contributed by atoms with van der Waals surface area (Å²) in [5.41, 5.74) is 1.65. The Morgan fingerprint density at radius 1 is 1.22 bits per heavy atom. The molecule has 2 aromatic heterocycles. The van der Waals surface area contributed by atoms with E-state index >= 15 is 0 Å². The van der Waals surface area contributed by atoms with Gasteiger partial charge in [0.25, 0.3) is 5.91 Å². The number of aryl methyl sites for hydroxylation is 1. The van der Waals surface area contributed by atoms with E-state index in [-0.39, 0.29) is 5.91 Å². The SMILES string of the molecule is Cc1ccc(C(=O)Nc2ccc(NCc3cnc(Cl)s3)cc2)o1. The van der Waals surface area contributed by atoms with Gasteiger partial charge in [0.2, 0.25) is 0 Å². The molecule has 0 spiro atoms. The smallest absolute Gasteiger partial charge is 0.291 e. The number of halogens is 1. The van der Waals surface area contributed by atoms with E-state index in [1.807, 2.05) is 24.3 Å². The van der Waals surface area contributed by atoms with Gasteiger partial charge in [0, 0.05) is 22.4 Å². The van der Waals surface area contributed by atoms with Crippen molar-refractivity contribution in [2.75, 3.05) is 10.6 Å². The first-order valence-electron chi connectivity index (χ1n) is 6.92. The van der Waals surface area contributed by atoms with E-state index in [9.17, 15) is 4.79 Å². The number of furan rings is 1. The fourth-order valence-electron chi connectivity index (χ4n) is 1.98. The zero-order chi connectivity index (χ0) is 16.2. The minimum atomic E-state index is -0.266. The van der Waals surface area contributed by atoms with Gasteiger partial charge in [-0.15, -0.1) is 11.3 Å². The van der Waals surface area contributed by atoms with Crippen molar-refractivity contribution in [2.45, 2.75) is 13.5 Å². The quantitative estimate of drug-likeness (QED) is 0.709. The molecule has 7 heteroatoms. The molecule has 5 nitrogen and oxygen atoms in total. The van der Waals surface area contributed by atoms with E-state index in [4.69, 9.17) is 16.0 Å². The summed E-state index contributed by atoms with van der Waals surface area (Å²) in [7, 11) is 0. The van der Waals surface area contributed by atoms with Crippen molar-refractivity contribution in [3.8, 4) is 0 Å². The molecule has 0 aliphatic carbocycles. The zero-order valence-corrected chi connectivity index (χ0v) is 13.9. The molecule has 0 atom stereocenters. The van der Waals surface area contributed by atoms with Crippen molar-refractivity contribution in [1.29, 1.82) is 0 Å². The predicted molar refractivity (Wildman–Crippen MR) is 92.3 cm³/mol. The van der Waals surface area contributed by atoms with Crippen LogP contribution in [-0.2, 0) is 6.54 Å². The van der Waals surface area contributed by atoms with Gasteiger partial charge in [-0.2, -0.15) is 0 Å². The number of nitrogens with zero attached hydrogens (tertiary/aromatic N) is 1. The lowest BCUT2D eigenvalue weighted by Gasteiger charge is -2.07. The molecule has 1 aromatic carbocycles. The summed E-state index contributed by atoms with van der Waals surface area (Å²) in [6.07, 6.45) is 1.75. The first-order chi connectivity index (χ1) is 11.1. The molecule has 23 heavy (non-hydrogen) atoms. The highest BCUT2D eigenvalue weighted by molar-refractivity contribution is 7.15. The van der Waals surface area contributed by atoms with Crippen LogP contribution in [0.2, 0.25) is 4.47 Å². The largest absolute Gasteiger partial charge is 0.456 e. The number of carbonyl (C=O) groups excluding carboxylic acids is 1. The minimum absolute atomic E-state index is 0.266. The monoisotopic (exact) mass is 347 g/mol. The fraction of sp³-hybridized carbons (Fsp3) is 0.125. The molecule has 2 N–H and O–H groups in total. The van der Waals surface area contributed by atoms with Crippen molar-refractivity contribution in [2.24, 2.45) is 0 Å². The summed E-state index contributed by atoms with van der Waals surface area (Å²) in [6, 6.07) is 10.9. The van der Waals surface area contributed by atoms with Crippen LogP contribution in [0, 0.1) is 6.92 Å². The Morgan fingerprint density at radius 3 is 2.57 bits per heavy atom. The van der Waals surface area contributed by atoms with Gasteiger partial charge < -0.3 is 15.1 Å². The molecule has 118 valence electrons. The topological polar surface area (TPSA) is 67.2 Å². The summed E-state index contributed by atoms with van der Waals surface area (Å²) in [4.78, 5) is 17.0. The predicted octanol–water partition coefficient (Wildman–Crippen LogP) is 4.56. The summed E-state index contributed by atoms with van der Waals surface area (Å²) >= 11 is 7.24. The number of thiazole rings is 1. The second-order valence-electron chi connectivity index (χ2n) is 4.87. The van der Waals surface area contributed by atoms with Crippen LogP contribution in [0.4, 0.5) is 11.4 Å². The Bertz CT molecular complexity index is 811. The highest BCUT2D eigenvalue weighted by atomic mass is 35.5. The van der Waals surface area contributed by atoms with Gasteiger partial charge in [-0.05, 0) is 43.3 Å². The maximum absolute atomic E-state index is 12.0. The standard InChI is InChI=1S/C16H14ClN3O2S/c1-10-2-7-14(22-10)15(21)20-12-5-3-11(4-6-12)18-8-13-9-19-16(17)23-13/h2-7,9,18H,8H2,1H3,(H,20,21). The molecular weight excluding hydrogens is 334 g/mol. The zero-order valence-electron chi connectivity index (χ0n) is 12.3. The third-order valence-corrected chi connectivity index (χ3v) is 4.21. The Labute approximate surface area is 142 Å². The molecule has 0 fully saturated rings. The van der Waals surface area contributed by atoms with Crippen LogP contribution in [0.3, 0.4) is 0 Å². The van der Waals surface area contributed by atoms with E-state index in [1.54, 1.807) is 25.3 Å². The summed E-state index contributed by atoms with van der Waals surface area (Å²) in [5.74, 6) is 0.739. The molecule has 3 rings (SSSR count).